The quantitative estimate of drug-likeness (QED) is 0.346. The van der Waals surface area contributed by atoms with Gasteiger partial charge in [-0.3, -0.25) is 4.52 Å². The average molecular weight is 244 g/mol. The SMILES string of the molecule is O=P(O)(O)OC[C@H]1OC[C@@H](O)[C@@H](O)[C@@H]1O. The molecule has 1 heterocycles. The van der Waals surface area contributed by atoms with E-state index < -0.39 is 38.8 Å². The molecule has 8 nitrogen and oxygen atoms in total. The molecule has 0 radical (unpaired) electrons. The van der Waals surface area contributed by atoms with Crippen LogP contribution in [0, 0.1) is 0 Å². The van der Waals surface area contributed by atoms with Crippen molar-refractivity contribution < 1.29 is 38.9 Å². The highest BCUT2D eigenvalue weighted by atomic mass is 31.2. The summed E-state index contributed by atoms with van der Waals surface area (Å²) in [6.45, 7) is -0.789. The van der Waals surface area contributed by atoms with E-state index in [0.717, 1.165) is 0 Å². The van der Waals surface area contributed by atoms with E-state index in [2.05, 4.69) is 4.52 Å². The van der Waals surface area contributed by atoms with Gasteiger partial charge in [-0.15, -0.1) is 0 Å². The van der Waals surface area contributed by atoms with Gasteiger partial charge >= 0.3 is 7.82 Å². The average Bonchev–Trinajstić information content (AvgIpc) is 2.12. The Morgan fingerprint density at radius 3 is 2.40 bits per heavy atom. The second-order valence-corrected chi connectivity index (χ2v) is 4.45. The van der Waals surface area contributed by atoms with E-state index in [9.17, 15) is 14.8 Å². The number of aliphatic hydroxyl groups is 3. The van der Waals surface area contributed by atoms with Crippen molar-refractivity contribution >= 4 is 7.82 Å². The van der Waals surface area contributed by atoms with Gasteiger partial charge in [-0.1, -0.05) is 0 Å². The van der Waals surface area contributed by atoms with Gasteiger partial charge in [0.05, 0.1) is 13.2 Å². The van der Waals surface area contributed by atoms with Gasteiger partial charge in [0.25, 0.3) is 0 Å². The molecule has 1 fully saturated rings. The van der Waals surface area contributed by atoms with Crippen LogP contribution in [0.1, 0.15) is 0 Å². The van der Waals surface area contributed by atoms with Crippen LogP contribution in [0.4, 0.5) is 0 Å². The lowest BCUT2D eigenvalue weighted by Gasteiger charge is -2.34. The van der Waals surface area contributed by atoms with Gasteiger partial charge in [-0.25, -0.2) is 4.57 Å². The van der Waals surface area contributed by atoms with Crippen LogP contribution in [-0.4, -0.2) is 62.7 Å². The molecule has 4 atom stereocenters. The zero-order valence-electron chi connectivity index (χ0n) is 7.63. The van der Waals surface area contributed by atoms with Crippen LogP contribution >= 0.6 is 7.82 Å². The van der Waals surface area contributed by atoms with Crippen LogP contribution in [-0.2, 0) is 13.8 Å². The van der Waals surface area contributed by atoms with Crippen molar-refractivity contribution in [1.29, 1.82) is 0 Å². The zero-order valence-corrected chi connectivity index (χ0v) is 8.53. The van der Waals surface area contributed by atoms with Crippen LogP contribution in [0.3, 0.4) is 0 Å². The molecule has 1 aliphatic heterocycles. The summed E-state index contributed by atoms with van der Waals surface area (Å²) < 4.78 is 19.3. The molecule has 0 bridgehead atoms. The number of phosphoric ester groups is 1. The van der Waals surface area contributed by atoms with Crippen LogP contribution in [0.5, 0.6) is 0 Å². The van der Waals surface area contributed by atoms with Gasteiger partial charge in [-0.05, 0) is 0 Å². The number of hydrogen-bond donors (Lipinski definition) is 5. The fourth-order valence-corrected chi connectivity index (χ4v) is 1.53. The number of aliphatic hydroxyl groups excluding tert-OH is 3. The highest BCUT2D eigenvalue weighted by Gasteiger charge is 2.38. The predicted molar refractivity (Wildman–Crippen MR) is 45.8 cm³/mol. The summed E-state index contributed by atoms with van der Waals surface area (Å²) in [5.74, 6) is 0. The minimum absolute atomic E-state index is 0.229. The molecule has 0 amide bonds. The van der Waals surface area contributed by atoms with Crippen LogP contribution in [0.2, 0.25) is 0 Å². The molecular weight excluding hydrogens is 231 g/mol. The molecule has 1 saturated heterocycles. The number of rotatable bonds is 3. The lowest BCUT2D eigenvalue weighted by atomic mass is 10.0. The standard InChI is InChI=1S/C6H13O8P/c7-3-1-13-4(6(9)5(3)8)2-14-15(10,11)12/h3-9H,1-2H2,(H2,10,11,12)/t3-,4-,5-,6-/m1/s1. The Labute approximate surface area is 85.3 Å². The smallest absolute Gasteiger partial charge is 0.388 e. The van der Waals surface area contributed by atoms with Gasteiger partial charge in [0.15, 0.2) is 0 Å². The predicted octanol–water partition coefficient (Wildman–Crippen LogP) is -2.42. The maximum Gasteiger partial charge on any atom is 0.469 e. The molecule has 5 N–H and O–H groups in total. The van der Waals surface area contributed by atoms with Gasteiger partial charge in [0, 0.05) is 0 Å². The van der Waals surface area contributed by atoms with Crippen LogP contribution in [0.15, 0.2) is 0 Å². The van der Waals surface area contributed by atoms with Crippen molar-refractivity contribution in [2.75, 3.05) is 13.2 Å². The Bertz CT molecular complexity index is 252. The molecule has 1 rings (SSSR count). The number of hydrogen-bond acceptors (Lipinski definition) is 6. The highest BCUT2D eigenvalue weighted by Crippen LogP contribution is 2.36. The zero-order chi connectivity index (χ0) is 11.6. The summed E-state index contributed by atoms with van der Waals surface area (Å²) in [6, 6.07) is 0. The van der Waals surface area contributed by atoms with Crippen molar-refractivity contribution in [1.82, 2.24) is 0 Å². The lowest BCUT2D eigenvalue weighted by molar-refractivity contribution is -0.194. The van der Waals surface area contributed by atoms with E-state index in [1.54, 1.807) is 0 Å². The van der Waals surface area contributed by atoms with E-state index in [4.69, 9.17) is 19.6 Å². The van der Waals surface area contributed by atoms with Crippen LogP contribution < -0.4 is 0 Å². The molecule has 0 unspecified atom stereocenters. The van der Waals surface area contributed by atoms with Gasteiger partial charge in [0.1, 0.15) is 24.4 Å². The Morgan fingerprint density at radius 2 is 1.87 bits per heavy atom. The molecule has 0 aromatic carbocycles. The third kappa shape index (κ3) is 3.78. The van der Waals surface area contributed by atoms with Gasteiger partial charge in [0.2, 0.25) is 0 Å². The maximum absolute atomic E-state index is 10.3. The van der Waals surface area contributed by atoms with Gasteiger partial charge < -0.3 is 29.8 Å². The molecule has 15 heavy (non-hydrogen) atoms. The van der Waals surface area contributed by atoms with Crippen molar-refractivity contribution in [2.24, 2.45) is 0 Å². The van der Waals surface area contributed by atoms with Crippen molar-refractivity contribution in [3.8, 4) is 0 Å². The van der Waals surface area contributed by atoms with Crippen molar-refractivity contribution in [2.45, 2.75) is 24.4 Å². The molecule has 0 aliphatic carbocycles. The highest BCUT2D eigenvalue weighted by molar-refractivity contribution is 7.46. The third-order valence-electron chi connectivity index (χ3n) is 2.01. The normalized spacial score (nSPS) is 37.9. The molecule has 0 saturated carbocycles. The first-order valence-electron chi connectivity index (χ1n) is 4.17. The first kappa shape index (κ1) is 13.0. The van der Waals surface area contributed by atoms with E-state index >= 15 is 0 Å². The Kier molecular flexibility index (Phi) is 4.21. The van der Waals surface area contributed by atoms with Crippen molar-refractivity contribution in [3.63, 3.8) is 0 Å². The molecule has 90 valence electrons. The van der Waals surface area contributed by atoms with Gasteiger partial charge in [-0.2, -0.15) is 0 Å². The minimum atomic E-state index is -4.63. The molecule has 9 heteroatoms. The summed E-state index contributed by atoms with van der Waals surface area (Å²) in [7, 11) is -4.63. The number of ether oxygens (including phenoxy) is 1. The molecule has 1 aliphatic rings. The monoisotopic (exact) mass is 244 g/mol. The minimum Gasteiger partial charge on any atom is -0.388 e. The second-order valence-electron chi connectivity index (χ2n) is 3.21. The lowest BCUT2D eigenvalue weighted by Crippen LogP contribution is -2.54. The Balaban J connectivity index is 2.46. The summed E-state index contributed by atoms with van der Waals surface area (Å²) >= 11 is 0. The summed E-state index contributed by atoms with van der Waals surface area (Å²) in [4.78, 5) is 16.8. The fraction of sp³-hybridized carbons (Fsp3) is 1.00. The Hall–Kier alpha value is -0.0500. The molecular formula is C6H13O8P. The Morgan fingerprint density at radius 1 is 1.27 bits per heavy atom. The maximum atomic E-state index is 10.3. The van der Waals surface area contributed by atoms with Crippen LogP contribution in [0.25, 0.3) is 0 Å². The first-order chi connectivity index (χ1) is 6.81. The topological polar surface area (TPSA) is 137 Å². The van der Waals surface area contributed by atoms with E-state index in [-0.39, 0.29) is 6.61 Å². The molecule has 0 aromatic heterocycles. The molecule has 0 aromatic rings. The van der Waals surface area contributed by atoms with E-state index in [1.807, 2.05) is 0 Å². The summed E-state index contributed by atoms with van der Waals surface area (Å²) in [6.07, 6.45) is -5.15. The second kappa shape index (κ2) is 4.86. The summed E-state index contributed by atoms with van der Waals surface area (Å²) in [5.41, 5.74) is 0. The number of phosphoric acid groups is 1. The molecule has 0 spiro atoms. The largest absolute Gasteiger partial charge is 0.469 e. The first-order valence-corrected chi connectivity index (χ1v) is 5.70. The van der Waals surface area contributed by atoms with E-state index in [1.165, 1.54) is 0 Å². The van der Waals surface area contributed by atoms with E-state index in [0.29, 0.717) is 0 Å². The third-order valence-corrected chi connectivity index (χ3v) is 2.50. The van der Waals surface area contributed by atoms with Crippen molar-refractivity contribution in [3.05, 3.63) is 0 Å². The fourth-order valence-electron chi connectivity index (χ4n) is 1.18. The summed E-state index contributed by atoms with van der Waals surface area (Å²) in [5, 5.41) is 27.6.